The van der Waals surface area contributed by atoms with Gasteiger partial charge >= 0.3 is 0 Å². The zero-order valence-electron chi connectivity index (χ0n) is 12.4. The predicted molar refractivity (Wildman–Crippen MR) is 77.5 cm³/mol. The molecule has 0 aliphatic rings. The van der Waals surface area contributed by atoms with Crippen LogP contribution in [0.15, 0.2) is 24.5 Å². The molecule has 0 radical (unpaired) electrons. The molecule has 110 valence electrons. The van der Waals surface area contributed by atoms with Gasteiger partial charge in [-0.25, -0.2) is 0 Å². The normalized spacial score (nSPS) is 11.4. The number of aromatic nitrogens is 4. The van der Waals surface area contributed by atoms with E-state index in [4.69, 9.17) is 4.74 Å². The first-order chi connectivity index (χ1) is 9.69. The highest BCUT2D eigenvalue weighted by molar-refractivity contribution is 5.03. The molecule has 0 aliphatic heterocycles. The van der Waals surface area contributed by atoms with Crippen LogP contribution in [-0.4, -0.2) is 39.8 Å². The van der Waals surface area contributed by atoms with Crippen LogP contribution in [0.25, 0.3) is 0 Å². The summed E-state index contributed by atoms with van der Waals surface area (Å²) in [5.41, 5.74) is 2.06. The Balaban J connectivity index is 1.85. The first-order valence-electron chi connectivity index (χ1n) is 6.95. The number of nitrogens with one attached hydrogen (secondary N) is 1. The maximum absolute atomic E-state index is 4.99. The SMILES string of the molecule is COCCNCc1ccn(Cc2ccn(C(C)C)n2)n1. The van der Waals surface area contributed by atoms with Gasteiger partial charge < -0.3 is 10.1 Å². The van der Waals surface area contributed by atoms with Gasteiger partial charge in [-0.1, -0.05) is 0 Å². The van der Waals surface area contributed by atoms with Crippen LogP contribution < -0.4 is 5.32 Å². The summed E-state index contributed by atoms with van der Waals surface area (Å²) in [6.45, 7) is 7.26. The van der Waals surface area contributed by atoms with Gasteiger partial charge in [-0.3, -0.25) is 9.36 Å². The summed E-state index contributed by atoms with van der Waals surface area (Å²) in [5, 5.41) is 12.3. The fourth-order valence-corrected chi connectivity index (χ4v) is 1.89. The molecule has 0 saturated carbocycles. The quantitative estimate of drug-likeness (QED) is 0.742. The van der Waals surface area contributed by atoms with Crippen molar-refractivity contribution in [2.75, 3.05) is 20.3 Å². The van der Waals surface area contributed by atoms with E-state index in [0.717, 1.165) is 24.5 Å². The second-order valence-electron chi connectivity index (χ2n) is 5.06. The summed E-state index contributed by atoms with van der Waals surface area (Å²) in [6.07, 6.45) is 4.00. The number of rotatable bonds is 8. The third kappa shape index (κ3) is 4.18. The first-order valence-corrected chi connectivity index (χ1v) is 6.95. The highest BCUT2D eigenvalue weighted by atomic mass is 16.5. The van der Waals surface area contributed by atoms with Crippen molar-refractivity contribution in [3.05, 3.63) is 35.9 Å². The van der Waals surface area contributed by atoms with Crippen molar-refractivity contribution in [3.63, 3.8) is 0 Å². The van der Waals surface area contributed by atoms with Crippen LogP contribution in [0.3, 0.4) is 0 Å². The fraction of sp³-hybridized carbons (Fsp3) is 0.571. The Hall–Kier alpha value is -1.66. The maximum atomic E-state index is 4.99. The lowest BCUT2D eigenvalue weighted by atomic mass is 10.4. The Kier molecular flexibility index (Phi) is 5.31. The van der Waals surface area contributed by atoms with Crippen molar-refractivity contribution in [1.82, 2.24) is 24.9 Å². The van der Waals surface area contributed by atoms with E-state index in [9.17, 15) is 0 Å². The monoisotopic (exact) mass is 277 g/mol. The number of hydrogen-bond acceptors (Lipinski definition) is 4. The molecule has 2 aromatic rings. The Labute approximate surface area is 119 Å². The molecule has 0 amide bonds. The zero-order chi connectivity index (χ0) is 14.4. The van der Waals surface area contributed by atoms with Gasteiger partial charge in [0.15, 0.2) is 0 Å². The van der Waals surface area contributed by atoms with Gasteiger partial charge in [-0.2, -0.15) is 10.2 Å². The average Bonchev–Trinajstić information content (AvgIpc) is 3.05. The van der Waals surface area contributed by atoms with Crippen LogP contribution in [0.2, 0.25) is 0 Å². The van der Waals surface area contributed by atoms with Crippen LogP contribution >= 0.6 is 0 Å². The highest BCUT2D eigenvalue weighted by Gasteiger charge is 2.04. The summed E-state index contributed by atoms with van der Waals surface area (Å²) in [7, 11) is 1.70. The number of ether oxygens (including phenoxy) is 1. The van der Waals surface area contributed by atoms with E-state index in [-0.39, 0.29) is 0 Å². The van der Waals surface area contributed by atoms with Gasteiger partial charge in [0.1, 0.15) is 0 Å². The minimum atomic E-state index is 0.391. The van der Waals surface area contributed by atoms with Gasteiger partial charge in [0, 0.05) is 38.6 Å². The van der Waals surface area contributed by atoms with Gasteiger partial charge in [-0.15, -0.1) is 0 Å². The van der Waals surface area contributed by atoms with E-state index < -0.39 is 0 Å². The molecule has 0 aromatic carbocycles. The van der Waals surface area contributed by atoms with Crippen molar-refractivity contribution >= 4 is 0 Å². The van der Waals surface area contributed by atoms with Gasteiger partial charge in [0.05, 0.1) is 24.5 Å². The average molecular weight is 277 g/mol. The summed E-state index contributed by atoms with van der Waals surface area (Å²) in [6, 6.07) is 4.46. The third-order valence-corrected chi connectivity index (χ3v) is 3.00. The second-order valence-corrected chi connectivity index (χ2v) is 5.06. The molecule has 0 bridgehead atoms. The second kappa shape index (κ2) is 7.21. The van der Waals surface area contributed by atoms with Crippen LogP contribution in [0.5, 0.6) is 0 Å². The first kappa shape index (κ1) is 14.7. The molecule has 1 N–H and O–H groups in total. The molecule has 0 aliphatic carbocycles. The van der Waals surface area contributed by atoms with Gasteiger partial charge in [0.25, 0.3) is 0 Å². The summed E-state index contributed by atoms with van der Waals surface area (Å²) < 4.78 is 8.87. The molecule has 0 saturated heterocycles. The van der Waals surface area contributed by atoms with Crippen molar-refractivity contribution in [1.29, 1.82) is 0 Å². The number of nitrogens with zero attached hydrogens (tertiary/aromatic N) is 4. The van der Waals surface area contributed by atoms with E-state index in [2.05, 4.69) is 29.4 Å². The van der Waals surface area contributed by atoms with Gasteiger partial charge in [-0.05, 0) is 26.0 Å². The fourth-order valence-electron chi connectivity index (χ4n) is 1.89. The van der Waals surface area contributed by atoms with Crippen LogP contribution in [-0.2, 0) is 17.8 Å². The maximum Gasteiger partial charge on any atom is 0.0849 e. The standard InChI is InChI=1S/C14H23N5O/c1-12(2)19-8-5-14(17-19)11-18-7-4-13(16-18)10-15-6-9-20-3/h4-5,7-8,12,15H,6,9-11H2,1-3H3. The Morgan fingerprint density at radius 3 is 2.70 bits per heavy atom. The van der Waals surface area contributed by atoms with E-state index in [1.807, 2.05) is 33.9 Å². The Morgan fingerprint density at radius 2 is 2.00 bits per heavy atom. The minimum Gasteiger partial charge on any atom is -0.383 e. The summed E-state index contributed by atoms with van der Waals surface area (Å²) >= 11 is 0. The molecule has 2 aromatic heterocycles. The Morgan fingerprint density at radius 1 is 1.20 bits per heavy atom. The molecule has 0 spiro atoms. The number of methoxy groups -OCH3 is 1. The largest absolute Gasteiger partial charge is 0.383 e. The van der Waals surface area contributed by atoms with Crippen LogP contribution in [0, 0.1) is 0 Å². The topological polar surface area (TPSA) is 56.9 Å². The summed E-state index contributed by atoms with van der Waals surface area (Å²) in [4.78, 5) is 0. The lowest BCUT2D eigenvalue weighted by Gasteiger charge is -2.04. The number of hydrogen-bond donors (Lipinski definition) is 1. The molecule has 20 heavy (non-hydrogen) atoms. The van der Waals surface area contributed by atoms with Crippen molar-refractivity contribution in [3.8, 4) is 0 Å². The molecule has 0 fully saturated rings. The van der Waals surface area contributed by atoms with Crippen molar-refractivity contribution in [2.45, 2.75) is 33.0 Å². The van der Waals surface area contributed by atoms with Gasteiger partial charge in [0.2, 0.25) is 0 Å². The molecule has 2 rings (SSSR count). The van der Waals surface area contributed by atoms with E-state index in [0.29, 0.717) is 19.2 Å². The highest BCUT2D eigenvalue weighted by Crippen LogP contribution is 2.06. The molecule has 0 unspecified atom stereocenters. The van der Waals surface area contributed by atoms with E-state index in [1.54, 1.807) is 7.11 Å². The Bertz CT molecular complexity index is 517. The van der Waals surface area contributed by atoms with E-state index in [1.165, 1.54) is 0 Å². The smallest absolute Gasteiger partial charge is 0.0849 e. The molecule has 2 heterocycles. The zero-order valence-corrected chi connectivity index (χ0v) is 12.4. The molecule has 0 atom stereocenters. The van der Waals surface area contributed by atoms with Crippen molar-refractivity contribution in [2.24, 2.45) is 0 Å². The molecule has 6 heteroatoms. The predicted octanol–water partition coefficient (Wildman–Crippen LogP) is 1.44. The van der Waals surface area contributed by atoms with Crippen molar-refractivity contribution < 1.29 is 4.74 Å². The van der Waals surface area contributed by atoms with E-state index >= 15 is 0 Å². The van der Waals surface area contributed by atoms with Crippen LogP contribution in [0.1, 0.15) is 31.3 Å². The lowest BCUT2D eigenvalue weighted by Crippen LogP contribution is -2.19. The molecular weight excluding hydrogens is 254 g/mol. The molecule has 6 nitrogen and oxygen atoms in total. The lowest BCUT2D eigenvalue weighted by molar-refractivity contribution is 0.199. The summed E-state index contributed by atoms with van der Waals surface area (Å²) in [5.74, 6) is 0. The molecular formula is C14H23N5O. The third-order valence-electron chi connectivity index (χ3n) is 3.00. The minimum absolute atomic E-state index is 0.391. The van der Waals surface area contributed by atoms with Crippen LogP contribution in [0.4, 0.5) is 0 Å².